The summed E-state index contributed by atoms with van der Waals surface area (Å²) in [6, 6.07) is 4.97. The molecule has 2 aliphatic carbocycles. The molecule has 0 radical (unpaired) electrons. The lowest BCUT2D eigenvalue weighted by Crippen LogP contribution is -2.60. The van der Waals surface area contributed by atoms with Crippen molar-refractivity contribution < 1.29 is 18.3 Å². The maximum absolute atomic E-state index is 13.2. The number of benzene rings is 1. The van der Waals surface area contributed by atoms with Crippen LogP contribution in [0.25, 0.3) is 21.8 Å². The topological polar surface area (TPSA) is 140 Å². The Labute approximate surface area is 201 Å². The third-order valence-electron chi connectivity index (χ3n) is 6.89. The van der Waals surface area contributed by atoms with E-state index in [1.807, 2.05) is 6.92 Å². The molecular formula is C23H25N5O4S2. The summed E-state index contributed by atoms with van der Waals surface area (Å²) in [5.74, 6) is 0.853. The fraction of sp³-hybridized carbons (Fsp3) is 0.435. The molecule has 0 amide bonds. The molecular weight excluding hydrogens is 474 g/mol. The number of rotatable bonds is 7. The Kier molecular flexibility index (Phi) is 4.88. The van der Waals surface area contributed by atoms with E-state index in [-0.39, 0.29) is 18.1 Å². The third-order valence-corrected chi connectivity index (χ3v) is 9.64. The highest BCUT2D eigenvalue weighted by Gasteiger charge is 2.63. The molecule has 4 aliphatic rings. The SMILES string of the molecule is Cc1ccc(S(=O)(=O)NC23COC(CO)(C2)C3)cc1-c1cnc(N)c(-c2cnc(C3CC3)s2)n1. The molecule has 9 nitrogen and oxygen atoms in total. The second-order valence-corrected chi connectivity index (χ2v) is 12.4. The van der Waals surface area contributed by atoms with Gasteiger partial charge in [-0.25, -0.2) is 28.1 Å². The third kappa shape index (κ3) is 3.62. The Morgan fingerprint density at radius 1 is 1.26 bits per heavy atom. The summed E-state index contributed by atoms with van der Waals surface area (Å²) in [6.45, 7) is 2.06. The summed E-state index contributed by atoms with van der Waals surface area (Å²) in [5, 5.41) is 10.6. The van der Waals surface area contributed by atoms with Crippen LogP contribution in [0.2, 0.25) is 0 Å². The van der Waals surface area contributed by atoms with Gasteiger partial charge in [0.15, 0.2) is 5.82 Å². The normalized spacial score (nSPS) is 25.9. The minimum absolute atomic E-state index is 0.106. The van der Waals surface area contributed by atoms with Crippen LogP contribution in [0.4, 0.5) is 5.82 Å². The van der Waals surface area contributed by atoms with Gasteiger partial charge in [0.1, 0.15) is 5.69 Å². The largest absolute Gasteiger partial charge is 0.393 e. The number of hydrogen-bond donors (Lipinski definition) is 3. The smallest absolute Gasteiger partial charge is 0.241 e. The molecule has 0 unspecified atom stereocenters. The predicted octanol–water partition coefficient (Wildman–Crippen LogP) is 2.61. The molecule has 0 spiro atoms. The molecule has 34 heavy (non-hydrogen) atoms. The van der Waals surface area contributed by atoms with Crippen molar-refractivity contribution in [2.24, 2.45) is 0 Å². The summed E-state index contributed by atoms with van der Waals surface area (Å²) in [5.41, 5.74) is 7.52. The van der Waals surface area contributed by atoms with Gasteiger partial charge in [0.25, 0.3) is 0 Å². The second-order valence-electron chi connectivity index (χ2n) is 9.67. The van der Waals surface area contributed by atoms with Crippen LogP contribution in [0, 0.1) is 6.92 Å². The number of ether oxygens (including phenoxy) is 1. The first-order valence-corrected chi connectivity index (χ1v) is 13.5. The van der Waals surface area contributed by atoms with E-state index < -0.39 is 21.2 Å². The molecule has 11 heteroatoms. The summed E-state index contributed by atoms with van der Waals surface area (Å²) >= 11 is 1.58. The second kappa shape index (κ2) is 7.53. The number of sulfonamides is 1. The molecule has 2 aliphatic heterocycles. The van der Waals surface area contributed by atoms with Crippen molar-refractivity contribution in [1.82, 2.24) is 19.7 Å². The lowest BCUT2D eigenvalue weighted by atomic mass is 9.69. The van der Waals surface area contributed by atoms with Crippen molar-refractivity contribution in [2.75, 3.05) is 18.9 Å². The molecule has 2 aromatic heterocycles. The van der Waals surface area contributed by atoms with E-state index in [0.717, 1.165) is 28.3 Å². The zero-order chi connectivity index (χ0) is 23.7. The Bertz CT molecular complexity index is 1390. The number of fused-ring (bicyclic) bond motifs is 1. The molecule has 7 rings (SSSR count). The zero-order valence-corrected chi connectivity index (χ0v) is 20.2. The van der Waals surface area contributed by atoms with E-state index >= 15 is 0 Å². The number of nitrogen functional groups attached to an aromatic ring is 1. The molecule has 2 bridgehead atoms. The van der Waals surface area contributed by atoms with Gasteiger partial charge in [0, 0.05) is 30.5 Å². The Morgan fingerprint density at radius 2 is 2.06 bits per heavy atom. The van der Waals surface area contributed by atoms with Crippen LogP contribution >= 0.6 is 11.3 Å². The number of nitrogens with one attached hydrogen (secondary N) is 1. The minimum Gasteiger partial charge on any atom is -0.393 e. The first-order chi connectivity index (χ1) is 16.2. The average Bonchev–Trinajstić information content (AvgIpc) is 3.26. The summed E-state index contributed by atoms with van der Waals surface area (Å²) in [6.07, 6.45) is 6.62. The highest BCUT2D eigenvalue weighted by Crippen LogP contribution is 2.51. The quantitative estimate of drug-likeness (QED) is 0.451. The fourth-order valence-electron chi connectivity index (χ4n) is 4.95. The van der Waals surface area contributed by atoms with Crippen LogP contribution in [0.3, 0.4) is 0 Å². The van der Waals surface area contributed by atoms with Crippen LogP contribution < -0.4 is 10.5 Å². The van der Waals surface area contributed by atoms with Crippen LogP contribution in [0.5, 0.6) is 0 Å². The van der Waals surface area contributed by atoms with Crippen molar-refractivity contribution in [1.29, 1.82) is 0 Å². The van der Waals surface area contributed by atoms with Gasteiger partial charge in [0.05, 0.1) is 51.0 Å². The molecule has 4 N–H and O–H groups in total. The van der Waals surface area contributed by atoms with Crippen molar-refractivity contribution >= 4 is 27.2 Å². The van der Waals surface area contributed by atoms with Gasteiger partial charge >= 0.3 is 0 Å². The van der Waals surface area contributed by atoms with Gasteiger partial charge in [-0.1, -0.05) is 6.07 Å². The standard InChI is InChI=1S/C23H25N5O4S2/c1-13-2-5-15(34(30,31)28-22-9-23(10-22,11-29)32-12-22)6-16(13)17-7-25-20(24)19(27-17)18-8-26-21(33-18)14-3-4-14/h2,5-8,14,28-29H,3-4,9-12H2,1H3,(H2,24,25). The lowest BCUT2D eigenvalue weighted by molar-refractivity contribution is -0.0482. The summed E-state index contributed by atoms with van der Waals surface area (Å²) in [4.78, 5) is 14.6. The lowest BCUT2D eigenvalue weighted by Gasteiger charge is -2.43. The van der Waals surface area contributed by atoms with E-state index in [2.05, 4.69) is 14.7 Å². The van der Waals surface area contributed by atoms with Crippen molar-refractivity contribution in [3.63, 3.8) is 0 Å². The monoisotopic (exact) mass is 499 g/mol. The van der Waals surface area contributed by atoms with Crippen molar-refractivity contribution in [3.8, 4) is 21.8 Å². The Balaban J connectivity index is 1.32. The maximum atomic E-state index is 13.2. The Morgan fingerprint density at radius 3 is 2.76 bits per heavy atom. The molecule has 4 fully saturated rings. The van der Waals surface area contributed by atoms with Gasteiger partial charge in [0.2, 0.25) is 10.0 Å². The number of nitrogens with zero attached hydrogens (tertiary/aromatic N) is 3. The van der Waals surface area contributed by atoms with E-state index in [9.17, 15) is 13.5 Å². The summed E-state index contributed by atoms with van der Waals surface area (Å²) in [7, 11) is -3.81. The summed E-state index contributed by atoms with van der Waals surface area (Å²) < 4.78 is 34.9. The Hall–Kier alpha value is -2.44. The van der Waals surface area contributed by atoms with E-state index in [1.54, 1.807) is 41.9 Å². The molecule has 2 saturated carbocycles. The van der Waals surface area contributed by atoms with Crippen LogP contribution in [0.1, 0.15) is 42.2 Å². The maximum Gasteiger partial charge on any atom is 0.241 e. The van der Waals surface area contributed by atoms with Gasteiger partial charge in [-0.05, 0) is 37.5 Å². The molecule has 3 aromatic rings. The predicted molar refractivity (Wildman–Crippen MR) is 128 cm³/mol. The number of aryl methyl sites for hydroxylation is 1. The van der Waals surface area contributed by atoms with E-state index in [4.69, 9.17) is 15.5 Å². The van der Waals surface area contributed by atoms with Gasteiger partial charge in [-0.2, -0.15) is 0 Å². The minimum atomic E-state index is -3.81. The number of hydrogen-bond acceptors (Lipinski definition) is 9. The van der Waals surface area contributed by atoms with E-state index in [0.29, 0.717) is 41.5 Å². The molecule has 2 saturated heterocycles. The molecule has 1 aromatic carbocycles. The van der Waals surface area contributed by atoms with Crippen LogP contribution in [-0.2, 0) is 14.8 Å². The number of anilines is 1. The highest BCUT2D eigenvalue weighted by atomic mass is 32.2. The number of aliphatic hydroxyl groups excluding tert-OH is 1. The van der Waals surface area contributed by atoms with E-state index in [1.165, 1.54) is 0 Å². The number of aliphatic hydroxyl groups is 1. The van der Waals surface area contributed by atoms with Crippen molar-refractivity contribution in [2.45, 2.75) is 54.6 Å². The first kappa shape index (κ1) is 22.1. The van der Waals surface area contributed by atoms with Gasteiger partial charge in [-0.3, -0.25) is 0 Å². The van der Waals surface area contributed by atoms with Crippen LogP contribution in [0.15, 0.2) is 35.5 Å². The average molecular weight is 500 g/mol. The molecule has 0 atom stereocenters. The highest BCUT2D eigenvalue weighted by molar-refractivity contribution is 7.89. The zero-order valence-electron chi connectivity index (χ0n) is 18.6. The number of nitrogens with two attached hydrogens (primary N) is 1. The number of thiazole rings is 1. The van der Waals surface area contributed by atoms with Crippen LogP contribution in [-0.4, -0.2) is 52.8 Å². The molecule has 178 valence electrons. The fourth-order valence-corrected chi connectivity index (χ4v) is 7.45. The van der Waals surface area contributed by atoms with Gasteiger partial charge in [-0.15, -0.1) is 11.3 Å². The van der Waals surface area contributed by atoms with Crippen molar-refractivity contribution in [3.05, 3.63) is 41.2 Å². The molecule has 4 heterocycles. The van der Waals surface area contributed by atoms with Gasteiger partial charge < -0.3 is 15.6 Å². The number of aromatic nitrogens is 3. The first-order valence-electron chi connectivity index (χ1n) is 11.2.